The van der Waals surface area contributed by atoms with E-state index < -0.39 is 23.6 Å². The standard InChI is InChI=1S/C25H28N2O5/c1-16(13-22(28)27-25(11-6-12-25)14-23(29)30)26-24(31)32-15-21-19-9-4-2-7-17(19)18-8-3-5-10-20(18)21/h2-5,7-10,16,21H,6,11-15H2,1H3,(H,26,31)(H,27,28)(H,29,30)/t16-/m1/s1. The van der Waals surface area contributed by atoms with Gasteiger partial charge in [0.15, 0.2) is 0 Å². The first-order chi connectivity index (χ1) is 15.4. The predicted molar refractivity (Wildman–Crippen MR) is 119 cm³/mol. The fourth-order valence-corrected chi connectivity index (χ4v) is 4.76. The number of fused-ring (bicyclic) bond motifs is 3. The lowest BCUT2D eigenvalue weighted by Crippen LogP contribution is -2.55. The summed E-state index contributed by atoms with van der Waals surface area (Å²) >= 11 is 0. The Hall–Kier alpha value is -3.35. The van der Waals surface area contributed by atoms with E-state index in [2.05, 4.69) is 34.9 Å². The third-order valence-corrected chi connectivity index (χ3v) is 6.40. The highest BCUT2D eigenvalue weighted by Gasteiger charge is 2.40. The number of carboxylic acids is 1. The van der Waals surface area contributed by atoms with Gasteiger partial charge in [-0.25, -0.2) is 4.79 Å². The molecule has 0 unspecified atom stereocenters. The molecule has 0 bridgehead atoms. The predicted octanol–water partition coefficient (Wildman–Crippen LogP) is 3.82. The molecule has 1 fully saturated rings. The zero-order chi connectivity index (χ0) is 22.7. The van der Waals surface area contributed by atoms with Gasteiger partial charge in [-0.1, -0.05) is 48.5 Å². The minimum Gasteiger partial charge on any atom is -0.481 e. The highest BCUT2D eigenvalue weighted by atomic mass is 16.5. The van der Waals surface area contributed by atoms with Crippen molar-refractivity contribution in [3.8, 4) is 11.1 Å². The maximum absolute atomic E-state index is 12.4. The summed E-state index contributed by atoms with van der Waals surface area (Å²) < 4.78 is 5.52. The molecule has 0 heterocycles. The summed E-state index contributed by atoms with van der Waals surface area (Å²) in [5, 5.41) is 14.6. The smallest absolute Gasteiger partial charge is 0.407 e. The van der Waals surface area contributed by atoms with E-state index in [0.717, 1.165) is 28.7 Å². The zero-order valence-electron chi connectivity index (χ0n) is 18.1. The molecule has 0 saturated heterocycles. The largest absolute Gasteiger partial charge is 0.481 e. The van der Waals surface area contributed by atoms with Gasteiger partial charge in [0.1, 0.15) is 6.61 Å². The molecule has 7 heteroatoms. The lowest BCUT2D eigenvalue weighted by Gasteiger charge is -2.41. The molecule has 0 aromatic heterocycles. The Kier molecular flexibility index (Phi) is 6.17. The molecule has 2 aromatic carbocycles. The number of benzene rings is 2. The topological polar surface area (TPSA) is 105 Å². The average Bonchev–Trinajstić information content (AvgIpc) is 3.04. The number of rotatable bonds is 8. The van der Waals surface area contributed by atoms with E-state index in [0.29, 0.717) is 12.8 Å². The van der Waals surface area contributed by atoms with Crippen molar-refractivity contribution in [1.82, 2.24) is 10.6 Å². The van der Waals surface area contributed by atoms with Crippen LogP contribution in [0.2, 0.25) is 0 Å². The normalized spacial score (nSPS) is 16.8. The molecule has 4 rings (SSSR count). The molecule has 168 valence electrons. The van der Waals surface area contributed by atoms with Gasteiger partial charge in [0.2, 0.25) is 5.91 Å². The van der Waals surface area contributed by atoms with Crippen molar-refractivity contribution in [3.63, 3.8) is 0 Å². The first kappa shape index (κ1) is 21.9. The summed E-state index contributed by atoms with van der Waals surface area (Å²) in [6, 6.07) is 15.8. The summed E-state index contributed by atoms with van der Waals surface area (Å²) in [4.78, 5) is 35.8. The number of hydrogen-bond donors (Lipinski definition) is 3. The van der Waals surface area contributed by atoms with Gasteiger partial charge in [-0.15, -0.1) is 0 Å². The Labute approximate surface area is 187 Å². The SMILES string of the molecule is C[C@H](CC(=O)NC1(CC(=O)O)CCC1)NC(=O)OCC1c2ccccc2-c2ccccc21. The number of carbonyl (C=O) groups excluding carboxylic acids is 2. The lowest BCUT2D eigenvalue weighted by molar-refractivity contribution is -0.140. The second kappa shape index (κ2) is 9.02. The monoisotopic (exact) mass is 436 g/mol. The molecular formula is C25H28N2O5. The fraction of sp³-hybridized carbons (Fsp3) is 0.400. The van der Waals surface area contributed by atoms with E-state index >= 15 is 0 Å². The van der Waals surface area contributed by atoms with Gasteiger partial charge in [0.25, 0.3) is 0 Å². The van der Waals surface area contributed by atoms with Crippen LogP contribution in [0.15, 0.2) is 48.5 Å². The maximum atomic E-state index is 12.4. The minimum absolute atomic E-state index is 0.0266. The minimum atomic E-state index is -0.921. The number of carboxylic acid groups (broad SMARTS) is 1. The fourth-order valence-electron chi connectivity index (χ4n) is 4.76. The second-order valence-electron chi connectivity index (χ2n) is 8.83. The van der Waals surface area contributed by atoms with Crippen LogP contribution in [0.5, 0.6) is 0 Å². The zero-order valence-corrected chi connectivity index (χ0v) is 18.1. The number of aliphatic carboxylic acids is 1. The van der Waals surface area contributed by atoms with Crippen LogP contribution in [-0.4, -0.2) is 41.3 Å². The quantitative estimate of drug-likeness (QED) is 0.584. The highest BCUT2D eigenvalue weighted by Crippen LogP contribution is 2.44. The third kappa shape index (κ3) is 4.61. The number of ether oxygens (including phenoxy) is 1. The first-order valence-corrected chi connectivity index (χ1v) is 11.0. The number of hydrogen-bond acceptors (Lipinski definition) is 4. The molecule has 3 N–H and O–H groups in total. The molecule has 0 spiro atoms. The van der Waals surface area contributed by atoms with E-state index in [9.17, 15) is 14.4 Å². The molecule has 2 aliphatic rings. The molecule has 0 radical (unpaired) electrons. The van der Waals surface area contributed by atoms with Crippen LogP contribution < -0.4 is 10.6 Å². The number of carbonyl (C=O) groups is 3. The summed E-state index contributed by atoms with van der Waals surface area (Å²) in [5.41, 5.74) is 3.95. The van der Waals surface area contributed by atoms with Gasteiger partial charge in [-0.2, -0.15) is 0 Å². The van der Waals surface area contributed by atoms with E-state index in [-0.39, 0.29) is 31.3 Å². The van der Waals surface area contributed by atoms with Crippen molar-refractivity contribution in [1.29, 1.82) is 0 Å². The van der Waals surface area contributed by atoms with Crippen LogP contribution in [0.3, 0.4) is 0 Å². The second-order valence-corrected chi connectivity index (χ2v) is 8.83. The Bertz CT molecular complexity index is 985. The molecule has 2 aromatic rings. The molecule has 7 nitrogen and oxygen atoms in total. The molecule has 1 atom stereocenters. The Morgan fingerprint density at radius 2 is 1.66 bits per heavy atom. The van der Waals surface area contributed by atoms with E-state index in [1.807, 2.05) is 24.3 Å². The Morgan fingerprint density at radius 1 is 1.06 bits per heavy atom. The van der Waals surface area contributed by atoms with Crippen LogP contribution in [-0.2, 0) is 14.3 Å². The van der Waals surface area contributed by atoms with Crippen molar-refractivity contribution in [2.75, 3.05) is 6.61 Å². The van der Waals surface area contributed by atoms with Crippen LogP contribution in [0.1, 0.15) is 56.1 Å². The van der Waals surface area contributed by atoms with Crippen molar-refractivity contribution in [3.05, 3.63) is 59.7 Å². The molecular weight excluding hydrogens is 408 g/mol. The number of alkyl carbamates (subject to hydrolysis) is 1. The van der Waals surface area contributed by atoms with E-state index in [4.69, 9.17) is 9.84 Å². The lowest BCUT2D eigenvalue weighted by atomic mass is 9.74. The summed E-state index contributed by atoms with van der Waals surface area (Å²) in [7, 11) is 0. The number of nitrogens with one attached hydrogen (secondary N) is 2. The summed E-state index contributed by atoms with van der Waals surface area (Å²) in [5.74, 6) is -1.21. The summed E-state index contributed by atoms with van der Waals surface area (Å²) in [6.45, 7) is 1.94. The van der Waals surface area contributed by atoms with Crippen LogP contribution in [0.25, 0.3) is 11.1 Å². The molecule has 1 saturated carbocycles. The molecule has 32 heavy (non-hydrogen) atoms. The van der Waals surface area contributed by atoms with Gasteiger partial charge in [-0.3, -0.25) is 9.59 Å². The number of amides is 2. The van der Waals surface area contributed by atoms with Crippen LogP contribution in [0, 0.1) is 0 Å². The molecule has 2 amide bonds. The summed E-state index contributed by atoms with van der Waals surface area (Å²) in [6.07, 6.45) is 1.65. The molecule has 2 aliphatic carbocycles. The van der Waals surface area contributed by atoms with E-state index in [1.165, 1.54) is 0 Å². The van der Waals surface area contributed by atoms with Crippen LogP contribution >= 0.6 is 0 Å². The Balaban J connectivity index is 1.29. The van der Waals surface area contributed by atoms with Crippen molar-refractivity contribution >= 4 is 18.0 Å². The third-order valence-electron chi connectivity index (χ3n) is 6.40. The van der Waals surface area contributed by atoms with Crippen molar-refractivity contribution in [2.45, 2.75) is 56.5 Å². The van der Waals surface area contributed by atoms with Gasteiger partial charge in [0, 0.05) is 18.4 Å². The van der Waals surface area contributed by atoms with Gasteiger partial charge in [-0.05, 0) is 48.4 Å². The molecule has 0 aliphatic heterocycles. The maximum Gasteiger partial charge on any atom is 0.407 e. The van der Waals surface area contributed by atoms with E-state index in [1.54, 1.807) is 6.92 Å². The Morgan fingerprint density at radius 3 is 2.19 bits per heavy atom. The van der Waals surface area contributed by atoms with Gasteiger partial charge < -0.3 is 20.5 Å². The van der Waals surface area contributed by atoms with Gasteiger partial charge >= 0.3 is 12.1 Å². The van der Waals surface area contributed by atoms with Crippen LogP contribution in [0.4, 0.5) is 4.79 Å². The van der Waals surface area contributed by atoms with Crippen molar-refractivity contribution in [2.24, 2.45) is 0 Å². The van der Waals surface area contributed by atoms with Gasteiger partial charge in [0.05, 0.1) is 12.0 Å². The van der Waals surface area contributed by atoms with Crippen molar-refractivity contribution < 1.29 is 24.2 Å². The average molecular weight is 437 g/mol. The highest BCUT2D eigenvalue weighted by molar-refractivity contribution is 5.80. The first-order valence-electron chi connectivity index (χ1n) is 11.0.